The average Bonchev–Trinajstić information content (AvgIpc) is 3.49. The molecule has 0 aliphatic carbocycles. The molecule has 0 fully saturated rings. The first-order valence-corrected chi connectivity index (χ1v) is 14.5. The first-order chi connectivity index (χ1) is 20.2. The predicted octanol–water partition coefficient (Wildman–Crippen LogP) is 5.34. The summed E-state index contributed by atoms with van der Waals surface area (Å²) in [6.07, 6.45) is -8.87. The van der Waals surface area contributed by atoms with Crippen LogP contribution in [0.15, 0.2) is 65.6 Å². The van der Waals surface area contributed by atoms with Crippen LogP contribution in [0.25, 0.3) is 11.0 Å². The minimum Gasteiger partial charge on any atom is -0.395 e. The maximum absolute atomic E-state index is 14.0. The number of carbonyl (C=O) groups excluding carboxylic acids is 1. The van der Waals surface area contributed by atoms with Crippen LogP contribution in [0.2, 0.25) is 0 Å². The van der Waals surface area contributed by atoms with Crippen molar-refractivity contribution in [2.45, 2.75) is 36.9 Å². The molecule has 2 heterocycles. The molecule has 4 aromatic rings. The molecule has 1 aliphatic rings. The number of amides is 1. The third kappa shape index (κ3) is 6.13. The quantitative estimate of drug-likeness (QED) is 0.250. The highest BCUT2D eigenvalue weighted by Crippen LogP contribution is 2.44. The van der Waals surface area contributed by atoms with E-state index in [0.717, 1.165) is 4.57 Å². The fourth-order valence-electron chi connectivity index (χ4n) is 4.67. The Kier molecular flexibility index (Phi) is 7.81. The van der Waals surface area contributed by atoms with E-state index < -0.39 is 46.6 Å². The van der Waals surface area contributed by atoms with Crippen molar-refractivity contribution < 1.29 is 49.4 Å². The summed E-state index contributed by atoms with van der Waals surface area (Å²) >= 11 is 0. The lowest BCUT2D eigenvalue weighted by Crippen LogP contribution is -2.31. The van der Waals surface area contributed by atoms with Crippen LogP contribution in [0, 0.1) is 0 Å². The number of halogens is 5. The molecule has 0 bridgehead atoms. The van der Waals surface area contributed by atoms with Gasteiger partial charge in [0, 0.05) is 18.2 Å². The van der Waals surface area contributed by atoms with Crippen LogP contribution < -0.4 is 14.8 Å². The fourth-order valence-corrected chi connectivity index (χ4v) is 5.56. The van der Waals surface area contributed by atoms with Crippen molar-refractivity contribution in [3.05, 3.63) is 83.2 Å². The van der Waals surface area contributed by atoms with Gasteiger partial charge in [0.2, 0.25) is 5.82 Å². The first kappa shape index (κ1) is 30.2. The van der Waals surface area contributed by atoms with Crippen LogP contribution in [-0.4, -0.2) is 49.6 Å². The summed E-state index contributed by atoms with van der Waals surface area (Å²) in [5.74, 6) is -2.73. The fraction of sp³-hybridized carbons (Fsp3) is 0.286. The molecule has 0 saturated carbocycles. The van der Waals surface area contributed by atoms with Gasteiger partial charge in [0.25, 0.3) is 5.91 Å². The molecule has 1 atom stereocenters. The molecular formula is C28H24F5N3O6S. The van der Waals surface area contributed by atoms with E-state index >= 15 is 0 Å². The summed E-state index contributed by atoms with van der Waals surface area (Å²) < 4.78 is 109. The number of ether oxygens (including phenoxy) is 3. The van der Waals surface area contributed by atoms with Crippen LogP contribution in [-0.2, 0) is 27.3 Å². The Hall–Kier alpha value is -4.24. The van der Waals surface area contributed by atoms with Gasteiger partial charge >= 0.3 is 12.5 Å². The van der Waals surface area contributed by atoms with E-state index in [9.17, 15) is 35.2 Å². The topological polar surface area (TPSA) is 109 Å². The smallest absolute Gasteiger partial charge is 0.395 e. The minimum absolute atomic E-state index is 0.00135. The maximum atomic E-state index is 14.0. The minimum atomic E-state index is -4.92. The highest BCUT2D eigenvalue weighted by molar-refractivity contribution is 7.91. The van der Waals surface area contributed by atoms with Gasteiger partial charge in [0.1, 0.15) is 0 Å². The van der Waals surface area contributed by atoms with Crippen LogP contribution in [0.3, 0.4) is 0 Å². The Morgan fingerprint density at radius 1 is 1.09 bits per heavy atom. The number of rotatable bonds is 9. The van der Waals surface area contributed by atoms with Crippen LogP contribution in [0.4, 0.5) is 22.0 Å². The van der Waals surface area contributed by atoms with Crippen molar-refractivity contribution in [2.75, 3.05) is 19.5 Å². The van der Waals surface area contributed by atoms with Gasteiger partial charge in [-0.2, -0.15) is 13.2 Å². The molecule has 0 radical (unpaired) electrons. The molecule has 0 saturated heterocycles. The standard InChI is InChI=1S/C28H24F5N3O6S/c1-3-43(38,39)19-10-7-16(8-11-19)21(15-40-2)34-25(37)17-9-12-22-20(13-17)35-26(27(29,30)31)36(22)14-18-5-4-6-23-24(18)42-28(32,33)41-23/h4-13,21H,3,14-15H2,1-2H3,(H,34,37). The molecule has 5 rings (SSSR count). The van der Waals surface area contributed by atoms with E-state index in [4.69, 9.17) is 4.74 Å². The zero-order valence-corrected chi connectivity index (χ0v) is 23.4. The van der Waals surface area contributed by atoms with Gasteiger partial charge in [-0.1, -0.05) is 31.2 Å². The van der Waals surface area contributed by atoms with Gasteiger partial charge in [-0.15, -0.1) is 8.78 Å². The van der Waals surface area contributed by atoms with E-state index in [-0.39, 0.29) is 50.9 Å². The Balaban J connectivity index is 1.45. The zero-order chi connectivity index (χ0) is 31.2. The molecule has 1 aromatic heterocycles. The van der Waals surface area contributed by atoms with Crippen molar-refractivity contribution in [3.63, 3.8) is 0 Å². The number of nitrogens with zero attached hydrogens (tertiary/aromatic N) is 2. The van der Waals surface area contributed by atoms with E-state index in [0.29, 0.717) is 5.56 Å². The normalized spacial score (nSPS) is 15.0. The second-order valence-electron chi connectivity index (χ2n) is 9.59. The Bertz CT molecular complexity index is 1790. The molecule has 1 amide bonds. The summed E-state index contributed by atoms with van der Waals surface area (Å²) in [7, 11) is -2.02. The van der Waals surface area contributed by atoms with Crippen molar-refractivity contribution >= 4 is 26.8 Å². The van der Waals surface area contributed by atoms with Crippen LogP contribution in [0.5, 0.6) is 11.5 Å². The lowest BCUT2D eigenvalue weighted by molar-refractivity contribution is -0.287. The van der Waals surface area contributed by atoms with Crippen molar-refractivity contribution in [1.82, 2.24) is 14.9 Å². The van der Waals surface area contributed by atoms with Crippen LogP contribution >= 0.6 is 0 Å². The third-order valence-electron chi connectivity index (χ3n) is 6.76. The monoisotopic (exact) mass is 625 g/mol. The molecule has 9 nitrogen and oxygen atoms in total. The number of hydrogen-bond acceptors (Lipinski definition) is 7. The lowest BCUT2D eigenvalue weighted by Gasteiger charge is -2.19. The second kappa shape index (κ2) is 11.1. The number of aromatic nitrogens is 2. The Labute approximate surface area is 242 Å². The van der Waals surface area contributed by atoms with Gasteiger partial charge in [-0.05, 0) is 42.0 Å². The molecule has 15 heteroatoms. The highest BCUT2D eigenvalue weighted by atomic mass is 32.2. The SMILES string of the molecule is CCS(=O)(=O)c1ccc(C(COC)NC(=O)c2ccc3c(c2)nc(C(F)(F)F)n3Cc2cccc3c2OC(F)(F)O3)cc1. The Morgan fingerprint density at radius 2 is 1.81 bits per heavy atom. The average molecular weight is 626 g/mol. The number of hydrogen-bond donors (Lipinski definition) is 1. The van der Waals surface area contributed by atoms with E-state index in [1.165, 1.54) is 74.7 Å². The molecule has 43 heavy (non-hydrogen) atoms. The molecule has 1 unspecified atom stereocenters. The van der Waals surface area contributed by atoms with Gasteiger partial charge in [-0.25, -0.2) is 13.4 Å². The first-order valence-electron chi connectivity index (χ1n) is 12.8. The van der Waals surface area contributed by atoms with Crippen molar-refractivity contribution in [2.24, 2.45) is 0 Å². The summed E-state index contributed by atoms with van der Waals surface area (Å²) in [5.41, 5.74) is 0.374. The number of fused-ring (bicyclic) bond motifs is 2. The molecule has 1 aliphatic heterocycles. The number of alkyl halides is 5. The number of para-hydroxylation sites is 1. The number of sulfone groups is 1. The number of imidazole rings is 1. The molecule has 1 N–H and O–H groups in total. The van der Waals surface area contributed by atoms with E-state index in [1.54, 1.807) is 0 Å². The summed E-state index contributed by atoms with van der Waals surface area (Å²) in [5, 5.41) is 2.74. The van der Waals surface area contributed by atoms with Crippen LogP contribution in [0.1, 0.15) is 40.3 Å². The molecule has 228 valence electrons. The molecule has 3 aromatic carbocycles. The maximum Gasteiger partial charge on any atom is 0.586 e. The summed E-state index contributed by atoms with van der Waals surface area (Å²) in [4.78, 5) is 17.0. The van der Waals surface area contributed by atoms with Crippen molar-refractivity contribution in [1.29, 1.82) is 0 Å². The lowest BCUT2D eigenvalue weighted by atomic mass is 10.1. The number of methoxy groups -OCH3 is 1. The number of carbonyl (C=O) groups is 1. The number of benzene rings is 3. The third-order valence-corrected chi connectivity index (χ3v) is 8.51. The zero-order valence-electron chi connectivity index (χ0n) is 22.6. The van der Waals surface area contributed by atoms with E-state index in [2.05, 4.69) is 19.8 Å². The van der Waals surface area contributed by atoms with Gasteiger partial charge in [0.05, 0.1) is 40.9 Å². The summed E-state index contributed by atoms with van der Waals surface area (Å²) in [6.45, 7) is 1.01. The number of nitrogens with one attached hydrogen (secondary N) is 1. The van der Waals surface area contributed by atoms with Gasteiger partial charge < -0.3 is 24.1 Å². The van der Waals surface area contributed by atoms with Gasteiger partial charge in [-0.3, -0.25) is 4.79 Å². The molecular weight excluding hydrogens is 601 g/mol. The Morgan fingerprint density at radius 3 is 2.47 bits per heavy atom. The predicted molar refractivity (Wildman–Crippen MR) is 143 cm³/mol. The van der Waals surface area contributed by atoms with E-state index in [1.807, 2.05) is 0 Å². The molecule has 0 spiro atoms. The second-order valence-corrected chi connectivity index (χ2v) is 11.9. The van der Waals surface area contributed by atoms with Gasteiger partial charge in [0.15, 0.2) is 21.3 Å². The highest BCUT2D eigenvalue weighted by Gasteiger charge is 2.45. The summed E-state index contributed by atoms with van der Waals surface area (Å²) in [6, 6.07) is 12.8. The van der Waals surface area contributed by atoms with Crippen molar-refractivity contribution in [3.8, 4) is 11.5 Å². The largest absolute Gasteiger partial charge is 0.586 e.